The molecule has 1 heterocycles. The predicted octanol–water partition coefficient (Wildman–Crippen LogP) is 1.41. The summed E-state index contributed by atoms with van der Waals surface area (Å²) in [6.45, 7) is 0. The van der Waals surface area contributed by atoms with Crippen LogP contribution in [0.2, 0.25) is 0 Å². The zero-order valence-electron chi connectivity index (χ0n) is 9.12. The molecule has 0 amide bonds. The van der Waals surface area contributed by atoms with Crippen molar-refractivity contribution >= 4 is 29.1 Å². The fourth-order valence-corrected chi connectivity index (χ4v) is 1.70. The maximum Gasteiger partial charge on any atom is 0.199 e. The summed E-state index contributed by atoms with van der Waals surface area (Å²) in [6, 6.07) is 7.66. The van der Waals surface area contributed by atoms with Crippen molar-refractivity contribution in [2.45, 2.75) is 4.90 Å². The Morgan fingerprint density at radius 2 is 2.24 bits per heavy atom. The topological polar surface area (TPSA) is 103 Å². The highest BCUT2D eigenvalue weighted by atomic mass is 32.2. The van der Waals surface area contributed by atoms with Crippen molar-refractivity contribution in [1.82, 2.24) is 10.3 Å². The quantitative estimate of drug-likeness (QED) is 0.484. The fraction of sp³-hybridized carbons (Fsp3) is 0.100. The van der Waals surface area contributed by atoms with E-state index in [9.17, 15) is 0 Å². The predicted molar refractivity (Wildman–Crippen MR) is 67.3 cm³/mol. The van der Waals surface area contributed by atoms with Crippen molar-refractivity contribution in [3.05, 3.63) is 30.0 Å². The van der Waals surface area contributed by atoms with Gasteiger partial charge < -0.3 is 11.5 Å². The van der Waals surface area contributed by atoms with Gasteiger partial charge in [0.2, 0.25) is 0 Å². The third-order valence-electron chi connectivity index (χ3n) is 2.06. The van der Waals surface area contributed by atoms with Gasteiger partial charge >= 0.3 is 0 Å². The summed E-state index contributed by atoms with van der Waals surface area (Å²) < 4.78 is 4.46. The number of rotatable bonds is 3. The molecule has 0 radical (unpaired) electrons. The normalized spacial score (nSPS) is 11.7. The number of aliphatic imine (C=N–C) groups is 1. The number of hydrogen-bond donors (Lipinski definition) is 2. The smallest absolute Gasteiger partial charge is 0.199 e. The molecule has 17 heavy (non-hydrogen) atoms. The van der Waals surface area contributed by atoms with Gasteiger partial charge in [-0.25, -0.2) is 9.62 Å². The van der Waals surface area contributed by atoms with E-state index in [0.29, 0.717) is 0 Å². The zero-order valence-corrected chi connectivity index (χ0v) is 9.94. The van der Waals surface area contributed by atoms with Crippen LogP contribution in [0.3, 0.4) is 0 Å². The molecule has 1 aromatic heterocycles. The number of nitrogens with zero attached hydrogens (tertiary/aromatic N) is 3. The van der Waals surface area contributed by atoms with Gasteiger partial charge in [-0.1, -0.05) is 6.07 Å². The Bertz CT molecular complexity index is 551. The lowest BCUT2D eigenvalue weighted by molar-refractivity contribution is 0.308. The second-order valence-electron chi connectivity index (χ2n) is 3.20. The first kappa shape index (κ1) is 11.5. The summed E-state index contributed by atoms with van der Waals surface area (Å²) in [5.41, 5.74) is 12.3. The molecule has 0 fully saturated rings. The lowest BCUT2D eigenvalue weighted by atomic mass is 10.3. The van der Waals surface area contributed by atoms with Gasteiger partial charge in [0.1, 0.15) is 0 Å². The number of nitrogens with two attached hydrogens (primary N) is 2. The van der Waals surface area contributed by atoms with Crippen LogP contribution in [0.15, 0.2) is 38.8 Å². The molecular weight excluding hydrogens is 238 g/mol. The molecule has 0 aliphatic rings. The van der Waals surface area contributed by atoms with E-state index in [1.165, 1.54) is 0 Å². The van der Waals surface area contributed by atoms with E-state index in [1.807, 2.05) is 30.5 Å². The van der Waals surface area contributed by atoms with Gasteiger partial charge in [-0.2, -0.15) is 0 Å². The summed E-state index contributed by atoms with van der Waals surface area (Å²) in [6.07, 6.45) is 1.99. The summed E-state index contributed by atoms with van der Waals surface area (Å²) in [5, 5.41) is 7.02. The van der Waals surface area contributed by atoms with Crippen molar-refractivity contribution in [2.24, 2.45) is 10.7 Å². The molecule has 0 atom stereocenters. The van der Waals surface area contributed by atoms with Gasteiger partial charge in [0.15, 0.2) is 17.3 Å². The van der Waals surface area contributed by atoms with E-state index >= 15 is 0 Å². The van der Waals surface area contributed by atoms with Gasteiger partial charge in [-0.3, -0.25) is 0 Å². The fourth-order valence-electron chi connectivity index (χ4n) is 1.25. The monoisotopic (exact) mass is 249 g/mol. The van der Waals surface area contributed by atoms with Gasteiger partial charge in [-0.05, 0) is 34.8 Å². The molecule has 0 saturated heterocycles. The highest BCUT2D eigenvalue weighted by molar-refractivity contribution is 7.98. The van der Waals surface area contributed by atoms with Crippen molar-refractivity contribution in [3.63, 3.8) is 0 Å². The first-order valence-corrected chi connectivity index (χ1v) is 6.00. The first-order chi connectivity index (χ1) is 8.20. The number of hydrogen-bond acceptors (Lipinski definition) is 6. The Labute approximate surface area is 102 Å². The van der Waals surface area contributed by atoms with Crippen LogP contribution in [0.25, 0.3) is 0 Å². The lowest BCUT2D eigenvalue weighted by Gasteiger charge is -1.99. The van der Waals surface area contributed by atoms with E-state index < -0.39 is 0 Å². The van der Waals surface area contributed by atoms with E-state index in [2.05, 4.69) is 19.9 Å². The van der Waals surface area contributed by atoms with Crippen molar-refractivity contribution < 1.29 is 4.63 Å². The minimum absolute atomic E-state index is 0.132. The number of nitrogen functional groups attached to an aromatic ring is 1. The van der Waals surface area contributed by atoms with E-state index in [4.69, 9.17) is 11.5 Å². The van der Waals surface area contributed by atoms with E-state index in [-0.39, 0.29) is 17.3 Å². The molecule has 0 aliphatic heterocycles. The number of anilines is 1. The Hall–Kier alpha value is -2.02. The molecule has 0 spiro atoms. The van der Waals surface area contributed by atoms with Gasteiger partial charge in [0.05, 0.1) is 5.69 Å². The first-order valence-electron chi connectivity index (χ1n) is 4.77. The Kier molecular flexibility index (Phi) is 3.29. The molecule has 0 bridgehead atoms. The maximum absolute atomic E-state index is 5.76. The molecule has 0 unspecified atom stereocenters. The molecule has 6 nitrogen and oxygen atoms in total. The highest BCUT2D eigenvalue weighted by Crippen LogP contribution is 2.21. The minimum atomic E-state index is 0.132. The standard InChI is InChI=1S/C10H11N5OS/c1-17-7-4-2-3-6(5-7)13-9(11)8-10(12)15-16-14-8/h2-5H,1H3,(H2,11,13)(H2,12,15). The third-order valence-corrected chi connectivity index (χ3v) is 2.78. The molecule has 0 saturated carbocycles. The molecule has 0 aliphatic carbocycles. The van der Waals surface area contributed by atoms with Crippen LogP contribution in [-0.4, -0.2) is 22.4 Å². The van der Waals surface area contributed by atoms with Crippen LogP contribution in [0.4, 0.5) is 11.5 Å². The largest absolute Gasteiger partial charge is 0.382 e. The van der Waals surface area contributed by atoms with Crippen LogP contribution in [-0.2, 0) is 0 Å². The lowest BCUT2D eigenvalue weighted by Crippen LogP contribution is -2.15. The Morgan fingerprint density at radius 1 is 1.41 bits per heavy atom. The molecule has 1 aromatic carbocycles. The Morgan fingerprint density at radius 3 is 2.88 bits per heavy atom. The van der Waals surface area contributed by atoms with Gasteiger partial charge in [0, 0.05) is 4.90 Å². The average Bonchev–Trinajstić information content (AvgIpc) is 2.76. The molecular formula is C10H11N5OS. The summed E-state index contributed by atoms with van der Waals surface area (Å²) >= 11 is 1.63. The highest BCUT2D eigenvalue weighted by Gasteiger charge is 2.10. The van der Waals surface area contributed by atoms with Crippen molar-refractivity contribution in [2.75, 3.05) is 12.0 Å². The van der Waals surface area contributed by atoms with Crippen molar-refractivity contribution in [1.29, 1.82) is 0 Å². The summed E-state index contributed by atoms with van der Waals surface area (Å²) in [7, 11) is 0. The maximum atomic E-state index is 5.76. The number of benzene rings is 1. The van der Waals surface area contributed by atoms with Crippen LogP contribution in [0.5, 0.6) is 0 Å². The number of thioether (sulfide) groups is 1. The van der Waals surface area contributed by atoms with Crippen molar-refractivity contribution in [3.8, 4) is 0 Å². The Balaban J connectivity index is 2.32. The van der Waals surface area contributed by atoms with Crippen LogP contribution in [0.1, 0.15) is 5.69 Å². The van der Waals surface area contributed by atoms with E-state index in [1.54, 1.807) is 11.8 Å². The molecule has 7 heteroatoms. The number of aromatic nitrogens is 2. The number of amidine groups is 1. The third kappa shape index (κ3) is 2.56. The average molecular weight is 249 g/mol. The van der Waals surface area contributed by atoms with Crippen LogP contribution < -0.4 is 11.5 Å². The van der Waals surface area contributed by atoms with Crippen LogP contribution in [0, 0.1) is 0 Å². The van der Waals surface area contributed by atoms with Gasteiger partial charge in [-0.15, -0.1) is 11.8 Å². The zero-order chi connectivity index (χ0) is 12.3. The van der Waals surface area contributed by atoms with Crippen LogP contribution >= 0.6 is 11.8 Å². The minimum Gasteiger partial charge on any atom is -0.382 e. The second-order valence-corrected chi connectivity index (χ2v) is 4.08. The molecule has 4 N–H and O–H groups in total. The van der Waals surface area contributed by atoms with Gasteiger partial charge in [0.25, 0.3) is 0 Å². The molecule has 2 rings (SSSR count). The summed E-state index contributed by atoms with van der Waals surface area (Å²) in [4.78, 5) is 5.31. The summed E-state index contributed by atoms with van der Waals surface area (Å²) in [5.74, 6) is 0.314. The SMILES string of the molecule is CSc1cccc(N=C(N)c2nonc2N)c1. The van der Waals surface area contributed by atoms with E-state index in [0.717, 1.165) is 10.6 Å². The second kappa shape index (κ2) is 4.88. The molecule has 88 valence electrons. The molecule has 2 aromatic rings.